The van der Waals surface area contributed by atoms with E-state index in [-0.39, 0.29) is 17.7 Å². The van der Waals surface area contributed by atoms with Gasteiger partial charge in [0.15, 0.2) is 0 Å². The molecule has 1 aromatic rings. The zero-order valence-corrected chi connectivity index (χ0v) is 10.5. The third-order valence-corrected chi connectivity index (χ3v) is 2.83. The van der Waals surface area contributed by atoms with E-state index < -0.39 is 0 Å². The van der Waals surface area contributed by atoms with Gasteiger partial charge in [-0.3, -0.25) is 4.79 Å². The van der Waals surface area contributed by atoms with Crippen LogP contribution < -0.4 is 11.1 Å². The van der Waals surface area contributed by atoms with Crippen LogP contribution in [0.15, 0.2) is 18.2 Å². The van der Waals surface area contributed by atoms with Crippen LogP contribution in [0, 0.1) is 12.8 Å². The quantitative estimate of drug-likeness (QED) is 0.740. The lowest BCUT2D eigenvalue weighted by Gasteiger charge is -2.20. The van der Waals surface area contributed by atoms with E-state index in [1.165, 1.54) is 6.07 Å². The van der Waals surface area contributed by atoms with Crippen molar-refractivity contribution in [3.63, 3.8) is 0 Å². The van der Waals surface area contributed by atoms with Gasteiger partial charge >= 0.3 is 0 Å². The average Bonchev–Trinajstić information content (AvgIpc) is 2.28. The topological polar surface area (TPSA) is 75.4 Å². The molecule has 1 rings (SSSR count). The van der Waals surface area contributed by atoms with Crippen LogP contribution >= 0.6 is 0 Å². The number of amides is 1. The summed E-state index contributed by atoms with van der Waals surface area (Å²) in [5.41, 5.74) is 6.83. The second-order valence-electron chi connectivity index (χ2n) is 4.56. The summed E-state index contributed by atoms with van der Waals surface area (Å²) in [6, 6.07) is 4.76. The minimum absolute atomic E-state index is 0.0309. The van der Waals surface area contributed by atoms with Crippen LogP contribution in [0.3, 0.4) is 0 Å². The third-order valence-electron chi connectivity index (χ3n) is 2.83. The molecule has 0 fully saturated rings. The molecule has 0 aromatic heterocycles. The lowest BCUT2D eigenvalue weighted by Crippen LogP contribution is -2.43. The number of nitrogens with one attached hydrogen (secondary N) is 1. The van der Waals surface area contributed by atoms with Crippen LogP contribution in [0.4, 0.5) is 0 Å². The molecule has 0 heterocycles. The minimum atomic E-state index is -0.155. The van der Waals surface area contributed by atoms with Crippen LogP contribution in [-0.2, 0) is 0 Å². The number of benzene rings is 1. The fourth-order valence-electron chi connectivity index (χ4n) is 1.55. The normalized spacial score (nSPS) is 12.5. The minimum Gasteiger partial charge on any atom is -0.508 e. The molecular formula is C13H20N2O2. The highest BCUT2D eigenvalue weighted by molar-refractivity contribution is 5.94. The van der Waals surface area contributed by atoms with Crippen molar-refractivity contribution in [2.24, 2.45) is 11.7 Å². The Balaban J connectivity index is 2.79. The summed E-state index contributed by atoms with van der Waals surface area (Å²) in [6.45, 7) is 6.20. The molecule has 0 radical (unpaired) electrons. The summed E-state index contributed by atoms with van der Waals surface area (Å²) in [4.78, 5) is 11.9. The Kier molecular flexibility index (Phi) is 4.52. The first kappa shape index (κ1) is 13.5. The Bertz CT molecular complexity index is 402. The molecule has 1 unspecified atom stereocenters. The number of hydrogen-bond acceptors (Lipinski definition) is 3. The molecule has 94 valence electrons. The second kappa shape index (κ2) is 5.68. The monoisotopic (exact) mass is 236 g/mol. The van der Waals surface area contributed by atoms with Gasteiger partial charge in [0.1, 0.15) is 5.75 Å². The van der Waals surface area contributed by atoms with E-state index in [0.29, 0.717) is 23.6 Å². The first-order valence-corrected chi connectivity index (χ1v) is 5.76. The summed E-state index contributed by atoms with van der Waals surface area (Å²) in [5.74, 6) is 0.334. The lowest BCUT2D eigenvalue weighted by molar-refractivity contribution is 0.0927. The molecule has 0 saturated carbocycles. The molecule has 17 heavy (non-hydrogen) atoms. The third kappa shape index (κ3) is 3.46. The number of rotatable bonds is 4. The molecule has 4 heteroatoms. The van der Waals surface area contributed by atoms with Gasteiger partial charge < -0.3 is 16.2 Å². The van der Waals surface area contributed by atoms with E-state index in [1.54, 1.807) is 19.1 Å². The standard InChI is InChI=1S/C13H20N2O2/c1-8(2)11(7-14)15-13(17)10-4-5-12(16)9(3)6-10/h4-6,8,11,16H,7,14H2,1-3H3,(H,15,17). The van der Waals surface area contributed by atoms with E-state index in [2.05, 4.69) is 5.32 Å². The Morgan fingerprint density at radius 3 is 2.59 bits per heavy atom. The fraction of sp³-hybridized carbons (Fsp3) is 0.462. The highest BCUT2D eigenvalue weighted by atomic mass is 16.3. The maximum Gasteiger partial charge on any atom is 0.251 e. The van der Waals surface area contributed by atoms with Crippen molar-refractivity contribution in [1.82, 2.24) is 5.32 Å². The molecule has 1 atom stereocenters. The van der Waals surface area contributed by atoms with Crippen LogP contribution in [-0.4, -0.2) is 23.6 Å². The smallest absolute Gasteiger partial charge is 0.251 e. The zero-order chi connectivity index (χ0) is 13.0. The molecule has 0 saturated heterocycles. The summed E-state index contributed by atoms with van der Waals surface area (Å²) < 4.78 is 0. The van der Waals surface area contributed by atoms with E-state index in [1.807, 2.05) is 13.8 Å². The Hall–Kier alpha value is -1.55. The van der Waals surface area contributed by atoms with Gasteiger partial charge in [-0.2, -0.15) is 0 Å². The van der Waals surface area contributed by atoms with Crippen molar-refractivity contribution < 1.29 is 9.90 Å². The number of carbonyl (C=O) groups is 1. The molecule has 1 aromatic carbocycles. The molecule has 4 N–H and O–H groups in total. The van der Waals surface area contributed by atoms with Gasteiger partial charge in [0.05, 0.1) is 0 Å². The second-order valence-corrected chi connectivity index (χ2v) is 4.56. The maximum absolute atomic E-state index is 11.9. The molecule has 0 bridgehead atoms. The number of aryl methyl sites for hydroxylation is 1. The van der Waals surface area contributed by atoms with E-state index >= 15 is 0 Å². The van der Waals surface area contributed by atoms with E-state index in [9.17, 15) is 9.90 Å². The molecule has 0 spiro atoms. The highest BCUT2D eigenvalue weighted by Crippen LogP contribution is 2.17. The van der Waals surface area contributed by atoms with Crippen molar-refractivity contribution in [3.8, 4) is 5.75 Å². The van der Waals surface area contributed by atoms with Gasteiger partial charge in [0, 0.05) is 18.2 Å². The Morgan fingerprint density at radius 2 is 2.12 bits per heavy atom. The van der Waals surface area contributed by atoms with Crippen LogP contribution in [0.2, 0.25) is 0 Å². The summed E-state index contributed by atoms with van der Waals surface area (Å²) in [7, 11) is 0. The average molecular weight is 236 g/mol. The number of phenols is 1. The molecular weight excluding hydrogens is 216 g/mol. The van der Waals surface area contributed by atoms with Crippen molar-refractivity contribution in [2.75, 3.05) is 6.54 Å². The van der Waals surface area contributed by atoms with Crippen LogP contribution in [0.5, 0.6) is 5.75 Å². The number of phenolic OH excluding ortho intramolecular Hbond substituents is 1. The lowest BCUT2D eigenvalue weighted by atomic mass is 10.0. The van der Waals surface area contributed by atoms with E-state index in [0.717, 1.165) is 0 Å². The SMILES string of the molecule is Cc1cc(C(=O)NC(CN)C(C)C)ccc1O. The van der Waals surface area contributed by atoms with Gasteiger partial charge in [-0.15, -0.1) is 0 Å². The molecule has 0 aliphatic heterocycles. The van der Waals surface area contributed by atoms with Gasteiger partial charge in [0.25, 0.3) is 5.91 Å². The van der Waals surface area contributed by atoms with Gasteiger partial charge in [-0.1, -0.05) is 13.8 Å². The first-order chi connectivity index (χ1) is 7.95. The summed E-state index contributed by atoms with van der Waals surface area (Å²) in [6.07, 6.45) is 0. The number of carbonyl (C=O) groups excluding carboxylic acids is 1. The van der Waals surface area contributed by atoms with Crippen molar-refractivity contribution in [2.45, 2.75) is 26.8 Å². The predicted molar refractivity (Wildman–Crippen MR) is 68.0 cm³/mol. The number of nitrogens with two attached hydrogens (primary N) is 1. The molecule has 0 aliphatic rings. The van der Waals surface area contributed by atoms with Gasteiger partial charge in [-0.05, 0) is 36.6 Å². The van der Waals surface area contributed by atoms with E-state index in [4.69, 9.17) is 5.73 Å². The first-order valence-electron chi connectivity index (χ1n) is 5.76. The number of hydrogen-bond donors (Lipinski definition) is 3. The summed E-state index contributed by atoms with van der Waals surface area (Å²) >= 11 is 0. The zero-order valence-electron chi connectivity index (χ0n) is 10.5. The van der Waals surface area contributed by atoms with Crippen molar-refractivity contribution in [1.29, 1.82) is 0 Å². The predicted octanol–water partition coefficient (Wildman–Crippen LogP) is 1.41. The molecule has 0 aliphatic carbocycles. The fourth-order valence-corrected chi connectivity index (χ4v) is 1.55. The summed E-state index contributed by atoms with van der Waals surface area (Å²) in [5, 5.41) is 12.3. The van der Waals surface area contributed by atoms with Gasteiger partial charge in [0.2, 0.25) is 0 Å². The van der Waals surface area contributed by atoms with Crippen LogP contribution in [0.25, 0.3) is 0 Å². The van der Waals surface area contributed by atoms with Crippen molar-refractivity contribution in [3.05, 3.63) is 29.3 Å². The largest absolute Gasteiger partial charge is 0.508 e. The molecule has 4 nitrogen and oxygen atoms in total. The maximum atomic E-state index is 11.9. The Morgan fingerprint density at radius 1 is 1.47 bits per heavy atom. The number of aromatic hydroxyl groups is 1. The van der Waals surface area contributed by atoms with Gasteiger partial charge in [-0.25, -0.2) is 0 Å². The van der Waals surface area contributed by atoms with Crippen molar-refractivity contribution >= 4 is 5.91 Å². The Labute approximate surface area is 102 Å². The van der Waals surface area contributed by atoms with Crippen LogP contribution in [0.1, 0.15) is 29.8 Å². The highest BCUT2D eigenvalue weighted by Gasteiger charge is 2.15. The molecule has 1 amide bonds.